The van der Waals surface area contributed by atoms with Crippen molar-refractivity contribution in [2.24, 2.45) is 0 Å². The summed E-state index contributed by atoms with van der Waals surface area (Å²) in [7, 11) is 0. The number of H-pyrrole nitrogens is 1. The highest BCUT2D eigenvalue weighted by molar-refractivity contribution is 5.92. The van der Waals surface area contributed by atoms with Crippen molar-refractivity contribution in [3.05, 3.63) is 41.4 Å². The lowest BCUT2D eigenvalue weighted by Gasteiger charge is -2.34. The monoisotopic (exact) mass is 333 g/mol. The molecule has 2 aliphatic rings. The zero-order chi connectivity index (χ0) is 16.7. The van der Waals surface area contributed by atoms with Crippen molar-refractivity contribution >= 4 is 11.7 Å². The van der Waals surface area contributed by atoms with E-state index >= 15 is 0 Å². The Balaban J connectivity index is 1.40. The molecule has 0 bridgehead atoms. The van der Waals surface area contributed by atoms with Crippen molar-refractivity contribution < 1.29 is 13.6 Å². The first-order valence-electron chi connectivity index (χ1n) is 8.02. The molecule has 3 heterocycles. The fraction of sp³-hybridized carbons (Fsp3) is 0.438. The summed E-state index contributed by atoms with van der Waals surface area (Å²) in [6, 6.07) is 2.75. The van der Waals surface area contributed by atoms with Gasteiger partial charge in [0.2, 0.25) is 0 Å². The Morgan fingerprint density at radius 1 is 1.17 bits per heavy atom. The summed E-state index contributed by atoms with van der Waals surface area (Å²) in [6.45, 7) is 2.12. The van der Waals surface area contributed by atoms with Crippen LogP contribution in [0.4, 0.5) is 14.6 Å². The highest BCUT2D eigenvalue weighted by Gasteiger charge is 2.29. The molecule has 2 fully saturated rings. The van der Waals surface area contributed by atoms with Crippen LogP contribution in [0.25, 0.3) is 0 Å². The summed E-state index contributed by atoms with van der Waals surface area (Å²) < 4.78 is 26.6. The number of carbonyl (C=O) groups excluding carboxylic acids is 1. The Bertz CT molecular complexity index is 766. The van der Waals surface area contributed by atoms with E-state index in [1.165, 1.54) is 23.4 Å². The van der Waals surface area contributed by atoms with Crippen molar-refractivity contribution in [2.45, 2.75) is 18.8 Å². The number of pyridine rings is 1. The van der Waals surface area contributed by atoms with Crippen LogP contribution < -0.4 is 4.90 Å². The lowest BCUT2D eigenvalue weighted by Crippen LogP contribution is -2.49. The molecule has 1 amide bonds. The lowest BCUT2D eigenvalue weighted by molar-refractivity contribution is 0.0735. The third kappa shape index (κ3) is 2.83. The van der Waals surface area contributed by atoms with Gasteiger partial charge in [0.15, 0.2) is 17.3 Å². The van der Waals surface area contributed by atoms with Gasteiger partial charge < -0.3 is 9.80 Å². The van der Waals surface area contributed by atoms with E-state index in [0.29, 0.717) is 38.2 Å². The number of halogens is 2. The van der Waals surface area contributed by atoms with Crippen molar-refractivity contribution in [2.75, 3.05) is 31.1 Å². The molecule has 126 valence electrons. The normalized spacial score (nSPS) is 18.1. The molecule has 1 N–H and O–H groups in total. The van der Waals surface area contributed by atoms with E-state index in [4.69, 9.17) is 0 Å². The van der Waals surface area contributed by atoms with Crippen LogP contribution in [0, 0.1) is 11.6 Å². The minimum Gasteiger partial charge on any atom is -0.352 e. The molecule has 2 aromatic heterocycles. The fourth-order valence-corrected chi connectivity index (χ4v) is 2.95. The maximum absolute atomic E-state index is 13.7. The number of nitrogens with zero attached hydrogens (tertiary/aromatic N) is 4. The molecular weight excluding hydrogens is 316 g/mol. The molecule has 0 aromatic carbocycles. The van der Waals surface area contributed by atoms with E-state index in [9.17, 15) is 13.6 Å². The molecule has 6 nitrogen and oxygen atoms in total. The van der Waals surface area contributed by atoms with Crippen LogP contribution >= 0.6 is 0 Å². The number of nitrogens with one attached hydrogen (secondary N) is 1. The second-order valence-electron chi connectivity index (χ2n) is 6.22. The van der Waals surface area contributed by atoms with Gasteiger partial charge in [-0.25, -0.2) is 13.8 Å². The summed E-state index contributed by atoms with van der Waals surface area (Å²) in [5, 5.41) is 7.41. The standard InChI is InChI=1S/C16H17F2N5O/c17-11-7-12(18)15(19-9-11)16(24)23-5-3-22(4-6-23)14-8-13(20-21-14)10-1-2-10/h7-10H,1-6H2,(H,20,21). The molecule has 24 heavy (non-hydrogen) atoms. The van der Waals surface area contributed by atoms with Gasteiger partial charge in [-0.15, -0.1) is 0 Å². The quantitative estimate of drug-likeness (QED) is 0.932. The number of amides is 1. The van der Waals surface area contributed by atoms with Gasteiger partial charge in [0, 0.05) is 49.9 Å². The Morgan fingerprint density at radius 3 is 2.58 bits per heavy atom. The smallest absolute Gasteiger partial charge is 0.275 e. The topological polar surface area (TPSA) is 65.1 Å². The summed E-state index contributed by atoms with van der Waals surface area (Å²) in [6.07, 6.45) is 3.27. The number of rotatable bonds is 3. The highest BCUT2D eigenvalue weighted by atomic mass is 19.1. The molecular formula is C16H17F2N5O. The van der Waals surface area contributed by atoms with Crippen LogP contribution in [-0.2, 0) is 0 Å². The molecule has 0 atom stereocenters. The van der Waals surface area contributed by atoms with Crippen LogP contribution in [0.1, 0.15) is 34.9 Å². The van der Waals surface area contributed by atoms with E-state index in [0.717, 1.165) is 12.0 Å². The minimum atomic E-state index is -0.927. The molecule has 1 saturated carbocycles. The van der Waals surface area contributed by atoms with Gasteiger partial charge in [-0.2, -0.15) is 5.10 Å². The average Bonchev–Trinajstić information content (AvgIpc) is 3.32. The Kier molecular flexibility index (Phi) is 3.66. The number of anilines is 1. The van der Waals surface area contributed by atoms with E-state index < -0.39 is 17.5 Å². The summed E-state index contributed by atoms with van der Waals surface area (Å²) in [5.41, 5.74) is 0.835. The van der Waals surface area contributed by atoms with Gasteiger partial charge in [-0.1, -0.05) is 0 Å². The van der Waals surface area contributed by atoms with E-state index in [1.54, 1.807) is 0 Å². The highest BCUT2D eigenvalue weighted by Crippen LogP contribution is 2.39. The Hall–Kier alpha value is -2.51. The molecule has 0 unspecified atom stereocenters. The molecule has 4 rings (SSSR count). The Labute approximate surface area is 137 Å². The lowest BCUT2D eigenvalue weighted by atomic mass is 10.2. The SMILES string of the molecule is O=C(c1ncc(F)cc1F)N1CCN(c2cc(C3CC3)[nH]n2)CC1. The van der Waals surface area contributed by atoms with Crippen LogP contribution in [0.3, 0.4) is 0 Å². The van der Waals surface area contributed by atoms with Crippen molar-refractivity contribution in [3.8, 4) is 0 Å². The first kappa shape index (κ1) is 15.0. The van der Waals surface area contributed by atoms with Crippen molar-refractivity contribution in [1.82, 2.24) is 20.1 Å². The van der Waals surface area contributed by atoms with Crippen LogP contribution in [-0.4, -0.2) is 52.2 Å². The first-order valence-corrected chi connectivity index (χ1v) is 8.02. The van der Waals surface area contributed by atoms with Gasteiger partial charge in [-0.05, 0) is 12.8 Å². The summed E-state index contributed by atoms with van der Waals surface area (Å²) in [4.78, 5) is 19.6. The van der Waals surface area contributed by atoms with Crippen molar-refractivity contribution in [3.63, 3.8) is 0 Å². The number of piperazine rings is 1. The molecule has 1 aliphatic heterocycles. The summed E-state index contributed by atoms with van der Waals surface area (Å²) in [5.74, 6) is -0.729. The van der Waals surface area contributed by atoms with Gasteiger partial charge in [-0.3, -0.25) is 9.89 Å². The number of hydrogen-bond donors (Lipinski definition) is 1. The van der Waals surface area contributed by atoms with Crippen LogP contribution in [0.2, 0.25) is 0 Å². The van der Waals surface area contributed by atoms with E-state index in [-0.39, 0.29) is 5.69 Å². The van der Waals surface area contributed by atoms with Gasteiger partial charge in [0.25, 0.3) is 5.91 Å². The van der Waals surface area contributed by atoms with Crippen LogP contribution in [0.15, 0.2) is 18.3 Å². The third-order valence-corrected chi connectivity index (χ3v) is 4.50. The first-order chi connectivity index (χ1) is 11.6. The molecule has 0 radical (unpaired) electrons. The van der Waals surface area contributed by atoms with E-state index in [2.05, 4.69) is 26.1 Å². The maximum Gasteiger partial charge on any atom is 0.275 e. The van der Waals surface area contributed by atoms with Crippen LogP contribution in [0.5, 0.6) is 0 Å². The number of aromatic nitrogens is 3. The number of aromatic amines is 1. The zero-order valence-corrected chi connectivity index (χ0v) is 13.0. The second kappa shape index (κ2) is 5.85. The molecule has 1 aliphatic carbocycles. The van der Waals surface area contributed by atoms with E-state index in [1.807, 2.05) is 0 Å². The van der Waals surface area contributed by atoms with Gasteiger partial charge in [0.05, 0.1) is 6.20 Å². The second-order valence-corrected chi connectivity index (χ2v) is 6.22. The average molecular weight is 333 g/mol. The third-order valence-electron chi connectivity index (χ3n) is 4.50. The molecule has 1 saturated heterocycles. The maximum atomic E-state index is 13.7. The zero-order valence-electron chi connectivity index (χ0n) is 13.0. The minimum absolute atomic E-state index is 0.333. The number of carbonyl (C=O) groups is 1. The summed E-state index contributed by atoms with van der Waals surface area (Å²) >= 11 is 0. The van der Waals surface area contributed by atoms with Gasteiger partial charge in [0.1, 0.15) is 5.82 Å². The number of hydrogen-bond acceptors (Lipinski definition) is 4. The largest absolute Gasteiger partial charge is 0.352 e. The van der Waals surface area contributed by atoms with Gasteiger partial charge >= 0.3 is 0 Å². The molecule has 0 spiro atoms. The molecule has 8 heteroatoms. The Morgan fingerprint density at radius 2 is 1.92 bits per heavy atom. The predicted molar refractivity (Wildman–Crippen MR) is 82.8 cm³/mol. The predicted octanol–water partition coefficient (Wildman–Crippen LogP) is 1.92. The molecule has 2 aromatic rings. The van der Waals surface area contributed by atoms with Crippen molar-refractivity contribution in [1.29, 1.82) is 0 Å². The fourth-order valence-electron chi connectivity index (χ4n) is 2.95.